The number of carbonyl (C=O) groups is 1. The summed E-state index contributed by atoms with van der Waals surface area (Å²) < 4.78 is 24.5. The zero-order chi connectivity index (χ0) is 19.0. The van der Waals surface area contributed by atoms with Gasteiger partial charge in [-0.3, -0.25) is 4.79 Å². The van der Waals surface area contributed by atoms with Gasteiger partial charge in [-0.2, -0.15) is 0 Å². The van der Waals surface area contributed by atoms with Crippen LogP contribution in [0.15, 0.2) is 28.8 Å². The Labute approximate surface area is 157 Å². The van der Waals surface area contributed by atoms with Gasteiger partial charge in [0, 0.05) is 18.1 Å². The highest BCUT2D eigenvalue weighted by atomic mass is 19.1. The number of rotatable bonds is 5. The molecule has 4 rings (SSSR count). The Kier molecular flexibility index (Phi) is 4.86. The molecule has 2 unspecified atom stereocenters. The van der Waals surface area contributed by atoms with Crippen LogP contribution in [0.3, 0.4) is 0 Å². The number of benzene rings is 1. The fraction of sp³-hybridized carbons (Fsp3) is 0.500. The van der Waals surface area contributed by atoms with Crippen molar-refractivity contribution < 1.29 is 18.4 Å². The van der Waals surface area contributed by atoms with Crippen molar-refractivity contribution in [1.82, 2.24) is 15.4 Å². The molecule has 2 saturated heterocycles. The summed E-state index contributed by atoms with van der Waals surface area (Å²) in [7, 11) is 2.17. The highest BCUT2D eigenvalue weighted by Gasteiger charge is 2.39. The SMILES string of the molecule is Cc1onc(C(=O)NC2CC3CCC(C2)N3C)c1COc1ccccc1F. The molecule has 3 heterocycles. The van der Waals surface area contributed by atoms with Gasteiger partial charge in [0.2, 0.25) is 0 Å². The van der Waals surface area contributed by atoms with Gasteiger partial charge in [-0.1, -0.05) is 17.3 Å². The number of halogens is 1. The van der Waals surface area contributed by atoms with Crippen LogP contribution in [0.1, 0.15) is 47.5 Å². The van der Waals surface area contributed by atoms with E-state index in [4.69, 9.17) is 9.26 Å². The number of piperidine rings is 1. The Bertz CT molecular complexity index is 824. The molecule has 0 saturated carbocycles. The van der Waals surface area contributed by atoms with Crippen molar-refractivity contribution in [1.29, 1.82) is 0 Å². The van der Waals surface area contributed by atoms with E-state index in [0.29, 0.717) is 23.4 Å². The summed E-state index contributed by atoms with van der Waals surface area (Å²) in [6, 6.07) is 7.39. The predicted molar refractivity (Wildman–Crippen MR) is 97.0 cm³/mol. The Morgan fingerprint density at radius 3 is 2.74 bits per heavy atom. The summed E-state index contributed by atoms with van der Waals surface area (Å²) in [6.07, 6.45) is 4.30. The van der Waals surface area contributed by atoms with Gasteiger partial charge in [-0.05, 0) is 51.8 Å². The van der Waals surface area contributed by atoms with Gasteiger partial charge >= 0.3 is 0 Å². The number of hydrogen-bond acceptors (Lipinski definition) is 5. The number of nitrogens with one attached hydrogen (secondary N) is 1. The summed E-state index contributed by atoms with van der Waals surface area (Å²) >= 11 is 0. The topological polar surface area (TPSA) is 67.6 Å². The van der Waals surface area contributed by atoms with Crippen LogP contribution in [0.25, 0.3) is 0 Å². The molecule has 27 heavy (non-hydrogen) atoms. The van der Waals surface area contributed by atoms with Crippen LogP contribution >= 0.6 is 0 Å². The van der Waals surface area contributed by atoms with Gasteiger partial charge in [0.1, 0.15) is 12.4 Å². The Morgan fingerprint density at radius 1 is 1.33 bits per heavy atom. The molecule has 1 amide bonds. The van der Waals surface area contributed by atoms with Crippen LogP contribution < -0.4 is 10.1 Å². The molecule has 1 aromatic heterocycles. The lowest BCUT2D eigenvalue weighted by atomic mass is 9.98. The van der Waals surface area contributed by atoms with Crippen molar-refractivity contribution in [3.8, 4) is 5.75 Å². The first-order valence-electron chi connectivity index (χ1n) is 9.38. The monoisotopic (exact) mass is 373 g/mol. The van der Waals surface area contributed by atoms with E-state index in [1.54, 1.807) is 25.1 Å². The summed E-state index contributed by atoms with van der Waals surface area (Å²) in [4.78, 5) is 15.2. The van der Waals surface area contributed by atoms with Crippen LogP contribution in [-0.4, -0.2) is 41.1 Å². The lowest BCUT2D eigenvalue weighted by Gasteiger charge is -2.36. The average Bonchev–Trinajstić information content (AvgIpc) is 3.09. The molecule has 2 atom stereocenters. The molecule has 1 aromatic carbocycles. The fourth-order valence-electron chi connectivity index (χ4n) is 4.23. The van der Waals surface area contributed by atoms with E-state index in [2.05, 4.69) is 22.4 Å². The number of fused-ring (bicyclic) bond motifs is 2. The van der Waals surface area contributed by atoms with Crippen molar-refractivity contribution in [2.75, 3.05) is 7.05 Å². The Morgan fingerprint density at radius 2 is 2.04 bits per heavy atom. The smallest absolute Gasteiger partial charge is 0.274 e. The number of carbonyl (C=O) groups excluding carboxylic acids is 1. The maximum absolute atomic E-state index is 13.8. The number of nitrogens with zero attached hydrogens (tertiary/aromatic N) is 2. The molecule has 7 heteroatoms. The second-order valence-electron chi connectivity index (χ2n) is 7.48. The largest absolute Gasteiger partial charge is 0.486 e. The number of aromatic nitrogens is 1. The minimum absolute atomic E-state index is 0.0255. The van der Waals surface area contributed by atoms with Gasteiger partial charge in [0.25, 0.3) is 5.91 Å². The summed E-state index contributed by atoms with van der Waals surface area (Å²) in [5.74, 6) is -0.0661. The molecule has 2 aliphatic rings. The molecule has 0 spiro atoms. The van der Waals surface area contributed by atoms with E-state index in [-0.39, 0.29) is 30.0 Å². The van der Waals surface area contributed by atoms with E-state index in [0.717, 1.165) is 12.8 Å². The summed E-state index contributed by atoms with van der Waals surface area (Å²) in [6.45, 7) is 1.75. The van der Waals surface area contributed by atoms with E-state index in [1.165, 1.54) is 18.9 Å². The quantitative estimate of drug-likeness (QED) is 0.873. The van der Waals surface area contributed by atoms with Gasteiger partial charge in [0.15, 0.2) is 17.3 Å². The zero-order valence-electron chi connectivity index (χ0n) is 15.6. The van der Waals surface area contributed by atoms with Gasteiger partial charge in [-0.15, -0.1) is 0 Å². The maximum atomic E-state index is 13.8. The van der Waals surface area contributed by atoms with Crippen molar-refractivity contribution in [3.63, 3.8) is 0 Å². The fourth-order valence-corrected chi connectivity index (χ4v) is 4.23. The number of hydrogen-bond donors (Lipinski definition) is 1. The standard InChI is InChI=1S/C20H24FN3O3/c1-12-16(11-26-18-6-4-3-5-17(18)21)19(23-27-12)20(25)22-13-9-14-7-8-15(10-13)24(14)2/h3-6,13-15H,7-11H2,1-2H3,(H,22,25). The second-order valence-corrected chi connectivity index (χ2v) is 7.48. The molecule has 2 fully saturated rings. The third kappa shape index (κ3) is 3.56. The minimum atomic E-state index is -0.445. The number of para-hydroxylation sites is 1. The lowest BCUT2D eigenvalue weighted by Crippen LogP contribution is -2.48. The first-order chi connectivity index (χ1) is 13.0. The molecule has 2 aliphatic heterocycles. The molecular weight excluding hydrogens is 349 g/mol. The zero-order valence-corrected chi connectivity index (χ0v) is 15.6. The van der Waals surface area contributed by atoms with Gasteiger partial charge in [0.05, 0.1) is 5.56 Å². The third-order valence-corrected chi connectivity index (χ3v) is 5.84. The average molecular weight is 373 g/mol. The second kappa shape index (κ2) is 7.31. The van der Waals surface area contributed by atoms with Crippen molar-refractivity contribution in [2.45, 2.75) is 57.3 Å². The molecule has 0 radical (unpaired) electrons. The molecule has 2 aromatic rings. The van der Waals surface area contributed by atoms with E-state index in [9.17, 15) is 9.18 Å². The highest BCUT2D eigenvalue weighted by molar-refractivity contribution is 5.94. The van der Waals surface area contributed by atoms with Gasteiger partial charge in [-0.25, -0.2) is 4.39 Å². The molecule has 144 valence electrons. The minimum Gasteiger partial charge on any atom is -0.486 e. The summed E-state index contributed by atoms with van der Waals surface area (Å²) in [5, 5.41) is 7.02. The number of ether oxygens (including phenoxy) is 1. The number of amides is 1. The first kappa shape index (κ1) is 18.0. The van der Waals surface area contributed by atoms with Gasteiger partial charge < -0.3 is 19.5 Å². The van der Waals surface area contributed by atoms with E-state index < -0.39 is 5.82 Å². The van der Waals surface area contributed by atoms with Crippen LogP contribution in [-0.2, 0) is 6.61 Å². The molecule has 2 bridgehead atoms. The number of aryl methyl sites for hydroxylation is 1. The van der Waals surface area contributed by atoms with Crippen molar-refractivity contribution in [2.24, 2.45) is 0 Å². The van der Waals surface area contributed by atoms with Crippen LogP contribution in [0.5, 0.6) is 5.75 Å². The molecule has 1 N–H and O–H groups in total. The third-order valence-electron chi connectivity index (χ3n) is 5.84. The highest BCUT2D eigenvalue weighted by Crippen LogP contribution is 2.34. The molecular formula is C20H24FN3O3. The lowest BCUT2D eigenvalue weighted by molar-refractivity contribution is 0.0871. The van der Waals surface area contributed by atoms with Crippen LogP contribution in [0.4, 0.5) is 4.39 Å². The van der Waals surface area contributed by atoms with Crippen LogP contribution in [0.2, 0.25) is 0 Å². The van der Waals surface area contributed by atoms with Crippen LogP contribution in [0, 0.1) is 12.7 Å². The first-order valence-corrected chi connectivity index (χ1v) is 9.38. The van der Waals surface area contributed by atoms with Crippen molar-refractivity contribution >= 4 is 5.91 Å². The van der Waals surface area contributed by atoms with Crippen molar-refractivity contribution in [3.05, 3.63) is 47.1 Å². The Balaban J connectivity index is 1.43. The predicted octanol–water partition coefficient (Wildman–Crippen LogP) is 3.06. The molecule has 6 nitrogen and oxygen atoms in total. The normalized spacial score (nSPS) is 24.8. The van der Waals surface area contributed by atoms with E-state index in [1.807, 2.05) is 0 Å². The summed E-state index contributed by atoms with van der Waals surface area (Å²) in [5.41, 5.74) is 0.766. The van der Waals surface area contributed by atoms with E-state index >= 15 is 0 Å². The Hall–Kier alpha value is -2.41. The maximum Gasteiger partial charge on any atom is 0.274 e. The molecule has 0 aliphatic carbocycles.